The SMILES string of the molecule is CNC(=O)Nc1cc(Oc2ccc3c(c2)C[C@@H](NC[C@@H](O)c2cccc(Cl)c2)CC3)cc(C(=O)O)c1. The number of carbonyl (C=O) groups excluding carboxylic acids is 1. The minimum absolute atomic E-state index is 0.000566. The molecule has 0 saturated heterocycles. The highest BCUT2D eigenvalue weighted by molar-refractivity contribution is 6.30. The Bertz CT molecular complexity index is 1270. The maximum atomic E-state index is 11.7. The van der Waals surface area contributed by atoms with Crippen molar-refractivity contribution in [1.29, 1.82) is 0 Å². The number of urea groups is 1. The predicted molar refractivity (Wildman–Crippen MR) is 138 cm³/mol. The topological polar surface area (TPSA) is 120 Å². The Morgan fingerprint density at radius 3 is 2.67 bits per heavy atom. The number of aryl methyl sites for hydroxylation is 1. The van der Waals surface area contributed by atoms with E-state index >= 15 is 0 Å². The number of nitrogens with one attached hydrogen (secondary N) is 3. The molecule has 4 rings (SSSR count). The second-order valence-corrected chi connectivity index (χ2v) is 9.14. The molecule has 0 radical (unpaired) electrons. The number of aromatic carboxylic acids is 1. The summed E-state index contributed by atoms with van der Waals surface area (Å²) in [6.45, 7) is 0.416. The Balaban J connectivity index is 1.44. The van der Waals surface area contributed by atoms with Gasteiger partial charge < -0.3 is 30.9 Å². The molecule has 0 bridgehead atoms. The Kier molecular flexibility index (Phi) is 8.10. The van der Waals surface area contributed by atoms with E-state index in [2.05, 4.69) is 16.0 Å². The van der Waals surface area contributed by atoms with Crippen LogP contribution in [0.25, 0.3) is 0 Å². The number of aliphatic hydroxyl groups is 1. The van der Waals surface area contributed by atoms with Gasteiger partial charge in [0.15, 0.2) is 0 Å². The lowest BCUT2D eigenvalue weighted by Crippen LogP contribution is -2.37. The quantitative estimate of drug-likeness (QED) is 0.298. The van der Waals surface area contributed by atoms with E-state index in [1.165, 1.54) is 24.7 Å². The third kappa shape index (κ3) is 6.54. The van der Waals surface area contributed by atoms with Gasteiger partial charge >= 0.3 is 12.0 Å². The molecule has 0 fully saturated rings. The number of aliphatic hydroxyl groups excluding tert-OH is 1. The number of halogens is 1. The normalized spacial score (nSPS) is 15.5. The van der Waals surface area contributed by atoms with Crippen molar-refractivity contribution < 1.29 is 24.5 Å². The van der Waals surface area contributed by atoms with Crippen LogP contribution in [0.15, 0.2) is 60.7 Å². The molecule has 0 aliphatic heterocycles. The zero-order valence-corrected chi connectivity index (χ0v) is 20.5. The first-order valence-electron chi connectivity index (χ1n) is 11.6. The van der Waals surface area contributed by atoms with Crippen LogP contribution in [0.3, 0.4) is 0 Å². The minimum atomic E-state index is -1.13. The third-order valence-corrected chi connectivity index (χ3v) is 6.35. The smallest absolute Gasteiger partial charge is 0.335 e. The molecule has 3 aromatic carbocycles. The molecular formula is C27H28ClN3O5. The van der Waals surface area contributed by atoms with E-state index in [1.807, 2.05) is 30.3 Å². The molecule has 1 aliphatic carbocycles. The van der Waals surface area contributed by atoms with Gasteiger partial charge in [0.2, 0.25) is 0 Å². The summed E-state index contributed by atoms with van der Waals surface area (Å²) in [5, 5.41) is 29.0. The lowest BCUT2D eigenvalue weighted by molar-refractivity contribution is 0.0696. The molecular weight excluding hydrogens is 482 g/mol. The number of rotatable bonds is 8. The van der Waals surface area contributed by atoms with E-state index in [-0.39, 0.29) is 11.6 Å². The molecule has 3 aromatic rings. The summed E-state index contributed by atoms with van der Waals surface area (Å²) in [7, 11) is 1.47. The van der Waals surface area contributed by atoms with Gasteiger partial charge in [-0.25, -0.2) is 9.59 Å². The molecule has 36 heavy (non-hydrogen) atoms. The van der Waals surface area contributed by atoms with Crippen LogP contribution in [-0.4, -0.2) is 41.8 Å². The monoisotopic (exact) mass is 509 g/mol. The fourth-order valence-electron chi connectivity index (χ4n) is 4.26. The van der Waals surface area contributed by atoms with Crippen LogP contribution in [0.1, 0.15) is 39.6 Å². The number of fused-ring (bicyclic) bond motifs is 1. The highest BCUT2D eigenvalue weighted by Gasteiger charge is 2.20. The highest BCUT2D eigenvalue weighted by Crippen LogP contribution is 2.31. The number of carboxylic acids is 1. The van der Waals surface area contributed by atoms with Crippen LogP contribution >= 0.6 is 11.6 Å². The fourth-order valence-corrected chi connectivity index (χ4v) is 4.46. The van der Waals surface area contributed by atoms with E-state index < -0.39 is 18.1 Å². The third-order valence-electron chi connectivity index (χ3n) is 6.11. The van der Waals surface area contributed by atoms with Crippen LogP contribution in [-0.2, 0) is 12.8 Å². The number of carbonyl (C=O) groups is 2. The molecule has 2 atom stereocenters. The first kappa shape index (κ1) is 25.5. The molecule has 0 saturated carbocycles. The van der Waals surface area contributed by atoms with Crippen LogP contribution in [0, 0.1) is 0 Å². The molecule has 5 N–H and O–H groups in total. The molecule has 2 amide bonds. The van der Waals surface area contributed by atoms with E-state index in [0.29, 0.717) is 28.8 Å². The van der Waals surface area contributed by atoms with Gasteiger partial charge in [0.1, 0.15) is 11.5 Å². The Morgan fingerprint density at radius 1 is 1.08 bits per heavy atom. The van der Waals surface area contributed by atoms with Crippen molar-refractivity contribution in [1.82, 2.24) is 10.6 Å². The first-order valence-corrected chi connectivity index (χ1v) is 12.0. The lowest BCUT2D eigenvalue weighted by atomic mass is 9.88. The highest BCUT2D eigenvalue weighted by atomic mass is 35.5. The van der Waals surface area contributed by atoms with Gasteiger partial charge in [0.05, 0.1) is 11.7 Å². The number of anilines is 1. The minimum Gasteiger partial charge on any atom is -0.478 e. The summed E-state index contributed by atoms with van der Waals surface area (Å²) in [4.78, 5) is 23.2. The zero-order valence-electron chi connectivity index (χ0n) is 19.8. The number of hydrogen-bond donors (Lipinski definition) is 5. The van der Waals surface area contributed by atoms with Crippen LogP contribution in [0.2, 0.25) is 5.02 Å². The van der Waals surface area contributed by atoms with Gasteiger partial charge in [0.25, 0.3) is 0 Å². The maximum absolute atomic E-state index is 11.7. The molecule has 0 aromatic heterocycles. The van der Waals surface area contributed by atoms with E-state index in [9.17, 15) is 19.8 Å². The van der Waals surface area contributed by atoms with E-state index in [0.717, 1.165) is 30.4 Å². The van der Waals surface area contributed by atoms with Crippen molar-refractivity contribution in [2.45, 2.75) is 31.4 Å². The molecule has 1 aliphatic rings. The van der Waals surface area contributed by atoms with Crippen molar-refractivity contribution in [2.75, 3.05) is 18.9 Å². The average Bonchev–Trinajstić information content (AvgIpc) is 2.86. The summed E-state index contributed by atoms with van der Waals surface area (Å²) in [6, 6.07) is 17.1. The van der Waals surface area contributed by atoms with Gasteiger partial charge in [-0.2, -0.15) is 0 Å². The van der Waals surface area contributed by atoms with Crippen LogP contribution in [0.4, 0.5) is 10.5 Å². The number of ether oxygens (including phenoxy) is 1. The molecule has 9 heteroatoms. The number of hydrogen-bond acceptors (Lipinski definition) is 5. The van der Waals surface area contributed by atoms with Crippen LogP contribution in [0.5, 0.6) is 11.5 Å². The Labute approximate surface area is 214 Å². The molecule has 188 valence electrons. The summed E-state index contributed by atoms with van der Waals surface area (Å²) in [5.41, 5.74) is 3.45. The molecule has 0 heterocycles. The molecule has 8 nitrogen and oxygen atoms in total. The van der Waals surface area contributed by atoms with Gasteiger partial charge in [-0.15, -0.1) is 0 Å². The van der Waals surface area contributed by atoms with Crippen molar-refractivity contribution in [3.63, 3.8) is 0 Å². The summed E-state index contributed by atoms with van der Waals surface area (Å²) in [6.07, 6.45) is 1.96. The molecule has 0 spiro atoms. The van der Waals surface area contributed by atoms with Gasteiger partial charge in [0, 0.05) is 36.4 Å². The first-order chi connectivity index (χ1) is 17.3. The average molecular weight is 510 g/mol. The summed E-state index contributed by atoms with van der Waals surface area (Å²) in [5.74, 6) is -0.252. The van der Waals surface area contributed by atoms with Crippen molar-refractivity contribution >= 4 is 29.3 Å². The number of carboxylic acid groups (broad SMARTS) is 1. The largest absolute Gasteiger partial charge is 0.478 e. The van der Waals surface area contributed by atoms with Gasteiger partial charge in [-0.1, -0.05) is 29.8 Å². The summed E-state index contributed by atoms with van der Waals surface area (Å²) < 4.78 is 5.99. The van der Waals surface area contributed by atoms with Crippen molar-refractivity contribution in [3.8, 4) is 11.5 Å². The predicted octanol–water partition coefficient (Wildman–Crippen LogP) is 4.76. The summed E-state index contributed by atoms with van der Waals surface area (Å²) >= 11 is 6.03. The zero-order chi connectivity index (χ0) is 25.7. The second kappa shape index (κ2) is 11.4. The number of benzene rings is 3. The van der Waals surface area contributed by atoms with Gasteiger partial charge in [-0.3, -0.25) is 0 Å². The number of amides is 2. The molecule has 0 unspecified atom stereocenters. The standard InChI is InChI=1S/C27H28ClN3O5/c1-29-27(35)31-22-11-19(26(33)34)13-24(14-22)36-23-8-6-16-5-7-21(10-18(16)12-23)30-15-25(32)17-3-2-4-20(28)9-17/h2-4,6,8-9,11-14,21,25,30,32H,5,7,10,15H2,1H3,(H,33,34)(H2,29,31,35)/t21-,25+/m0/s1. The van der Waals surface area contributed by atoms with E-state index in [1.54, 1.807) is 18.2 Å². The van der Waals surface area contributed by atoms with Crippen molar-refractivity contribution in [3.05, 3.63) is 87.9 Å². The Morgan fingerprint density at radius 2 is 1.92 bits per heavy atom. The van der Waals surface area contributed by atoms with Gasteiger partial charge in [-0.05, 0) is 72.4 Å². The Hall–Kier alpha value is -3.59. The second-order valence-electron chi connectivity index (χ2n) is 8.71. The lowest BCUT2D eigenvalue weighted by Gasteiger charge is -2.27. The van der Waals surface area contributed by atoms with E-state index in [4.69, 9.17) is 16.3 Å². The maximum Gasteiger partial charge on any atom is 0.335 e. The fraction of sp³-hybridized carbons (Fsp3) is 0.259. The van der Waals surface area contributed by atoms with Crippen LogP contribution < -0.4 is 20.7 Å². The van der Waals surface area contributed by atoms with Crippen molar-refractivity contribution in [2.24, 2.45) is 0 Å².